The van der Waals surface area contributed by atoms with Crippen LogP contribution in [0.3, 0.4) is 0 Å². The number of rotatable bonds is 8. The number of carbonyl (C=O) groups is 1. The number of hydrogen-bond acceptors (Lipinski definition) is 7. The number of anilines is 4. The lowest BCUT2D eigenvalue weighted by atomic mass is 10.2. The normalized spacial score (nSPS) is 10.2. The van der Waals surface area contributed by atoms with E-state index in [0.29, 0.717) is 30.6 Å². The van der Waals surface area contributed by atoms with Gasteiger partial charge in [-0.25, -0.2) is 0 Å². The average Bonchev–Trinajstić information content (AvgIpc) is 2.52. The van der Waals surface area contributed by atoms with Gasteiger partial charge in [-0.3, -0.25) is 4.79 Å². The molecule has 3 N–H and O–H groups in total. The Morgan fingerprint density at radius 3 is 2.91 bits per heavy atom. The number of aromatic nitrogens is 3. The van der Waals surface area contributed by atoms with Gasteiger partial charge in [-0.1, -0.05) is 6.07 Å². The molecule has 2 aromatic rings. The molecule has 0 aliphatic rings. The summed E-state index contributed by atoms with van der Waals surface area (Å²) >= 11 is 0. The second-order valence-corrected chi connectivity index (χ2v) is 4.83. The molecule has 1 amide bonds. The molecule has 0 aliphatic heterocycles. The summed E-state index contributed by atoms with van der Waals surface area (Å²) in [6, 6.07) is 7.34. The molecule has 8 heteroatoms. The number of methoxy groups -OCH3 is 1. The van der Waals surface area contributed by atoms with E-state index in [1.54, 1.807) is 7.11 Å². The highest BCUT2D eigenvalue weighted by atomic mass is 16.5. The molecule has 1 heterocycles. The van der Waals surface area contributed by atoms with E-state index in [9.17, 15) is 4.79 Å². The molecule has 0 unspecified atom stereocenters. The van der Waals surface area contributed by atoms with Crippen molar-refractivity contribution in [2.75, 3.05) is 36.2 Å². The Labute approximate surface area is 134 Å². The van der Waals surface area contributed by atoms with Crippen LogP contribution in [0, 0.1) is 0 Å². The minimum Gasteiger partial charge on any atom is -0.385 e. The number of amides is 1. The summed E-state index contributed by atoms with van der Waals surface area (Å²) in [5, 5.41) is 16.8. The van der Waals surface area contributed by atoms with Gasteiger partial charge in [0, 0.05) is 38.6 Å². The third kappa shape index (κ3) is 5.87. The standard InChI is InChI=1S/C15H20N6O2/c1-11(22)18-12-5-3-6-13(9-12)19-14-10-17-21-15(20-14)16-7-4-8-23-2/h3,5-6,9-10H,4,7-8H2,1-2H3,(H,18,22)(H2,16,19,20,21). The molecule has 0 aliphatic carbocycles. The van der Waals surface area contributed by atoms with E-state index in [-0.39, 0.29) is 5.91 Å². The summed E-state index contributed by atoms with van der Waals surface area (Å²) in [6.07, 6.45) is 2.39. The lowest BCUT2D eigenvalue weighted by molar-refractivity contribution is -0.114. The van der Waals surface area contributed by atoms with E-state index in [1.165, 1.54) is 13.1 Å². The Kier molecular flexibility index (Phi) is 6.25. The minimum atomic E-state index is -0.117. The first-order chi connectivity index (χ1) is 11.2. The highest BCUT2D eigenvalue weighted by Crippen LogP contribution is 2.18. The quantitative estimate of drug-likeness (QED) is 0.640. The highest BCUT2D eigenvalue weighted by Gasteiger charge is 2.02. The number of carbonyl (C=O) groups excluding carboxylic acids is 1. The Morgan fingerprint density at radius 2 is 2.13 bits per heavy atom. The summed E-state index contributed by atoms with van der Waals surface area (Å²) < 4.78 is 4.98. The van der Waals surface area contributed by atoms with Gasteiger partial charge in [0.25, 0.3) is 0 Å². The molecule has 8 nitrogen and oxygen atoms in total. The van der Waals surface area contributed by atoms with Crippen molar-refractivity contribution in [3.8, 4) is 0 Å². The van der Waals surface area contributed by atoms with Crippen molar-refractivity contribution in [1.82, 2.24) is 15.2 Å². The maximum absolute atomic E-state index is 11.1. The molecule has 23 heavy (non-hydrogen) atoms. The zero-order valence-electron chi connectivity index (χ0n) is 13.2. The summed E-state index contributed by atoms with van der Waals surface area (Å²) in [5.41, 5.74) is 1.50. The summed E-state index contributed by atoms with van der Waals surface area (Å²) in [6.45, 7) is 2.85. The molecule has 0 saturated heterocycles. The smallest absolute Gasteiger partial charge is 0.244 e. The van der Waals surface area contributed by atoms with Crippen LogP contribution < -0.4 is 16.0 Å². The van der Waals surface area contributed by atoms with Crippen LogP contribution in [0.5, 0.6) is 0 Å². The summed E-state index contributed by atoms with van der Waals surface area (Å²) in [4.78, 5) is 15.4. The van der Waals surface area contributed by atoms with Crippen LogP contribution in [0.1, 0.15) is 13.3 Å². The monoisotopic (exact) mass is 316 g/mol. The van der Waals surface area contributed by atoms with Crippen LogP contribution in [0.25, 0.3) is 0 Å². The number of nitrogens with one attached hydrogen (secondary N) is 3. The fourth-order valence-electron chi connectivity index (χ4n) is 1.88. The molecule has 0 fully saturated rings. The Hall–Kier alpha value is -2.74. The Bertz CT molecular complexity index is 649. The van der Waals surface area contributed by atoms with Crippen LogP contribution >= 0.6 is 0 Å². The molecule has 122 valence electrons. The molecule has 2 rings (SSSR count). The second-order valence-electron chi connectivity index (χ2n) is 4.83. The van der Waals surface area contributed by atoms with Crippen LogP contribution in [-0.4, -0.2) is 41.3 Å². The third-order valence-electron chi connectivity index (χ3n) is 2.82. The van der Waals surface area contributed by atoms with Crippen molar-refractivity contribution in [2.24, 2.45) is 0 Å². The van der Waals surface area contributed by atoms with Gasteiger partial charge in [0.2, 0.25) is 11.9 Å². The minimum absolute atomic E-state index is 0.117. The first-order valence-electron chi connectivity index (χ1n) is 7.24. The van der Waals surface area contributed by atoms with Gasteiger partial charge in [-0.15, -0.1) is 5.10 Å². The van der Waals surface area contributed by atoms with E-state index in [2.05, 4.69) is 31.1 Å². The van der Waals surface area contributed by atoms with E-state index in [0.717, 1.165) is 12.1 Å². The van der Waals surface area contributed by atoms with Gasteiger partial charge < -0.3 is 20.7 Å². The van der Waals surface area contributed by atoms with Crippen molar-refractivity contribution in [3.63, 3.8) is 0 Å². The van der Waals surface area contributed by atoms with Crippen LogP contribution in [0.2, 0.25) is 0 Å². The zero-order valence-corrected chi connectivity index (χ0v) is 13.2. The van der Waals surface area contributed by atoms with Crippen LogP contribution in [-0.2, 0) is 9.53 Å². The van der Waals surface area contributed by atoms with Crippen LogP contribution in [0.4, 0.5) is 23.1 Å². The molecule has 1 aromatic carbocycles. The van der Waals surface area contributed by atoms with Crippen molar-refractivity contribution in [1.29, 1.82) is 0 Å². The number of benzene rings is 1. The number of ether oxygens (including phenoxy) is 1. The molecule has 0 spiro atoms. The molecular formula is C15H20N6O2. The maximum Gasteiger partial charge on any atom is 0.244 e. The van der Waals surface area contributed by atoms with Crippen molar-refractivity contribution >= 4 is 29.0 Å². The first kappa shape index (κ1) is 16.6. The molecule has 0 radical (unpaired) electrons. The number of nitrogens with zero attached hydrogens (tertiary/aromatic N) is 3. The first-order valence-corrected chi connectivity index (χ1v) is 7.24. The average molecular weight is 316 g/mol. The topological polar surface area (TPSA) is 101 Å². The highest BCUT2D eigenvalue weighted by molar-refractivity contribution is 5.89. The largest absolute Gasteiger partial charge is 0.385 e. The molecule has 1 aromatic heterocycles. The van der Waals surface area contributed by atoms with E-state index in [4.69, 9.17) is 4.74 Å². The van der Waals surface area contributed by atoms with E-state index < -0.39 is 0 Å². The predicted molar refractivity (Wildman–Crippen MR) is 88.8 cm³/mol. The van der Waals surface area contributed by atoms with Gasteiger partial charge in [-0.05, 0) is 24.6 Å². The third-order valence-corrected chi connectivity index (χ3v) is 2.82. The molecule has 0 bridgehead atoms. The molecular weight excluding hydrogens is 296 g/mol. The zero-order chi connectivity index (χ0) is 16.5. The predicted octanol–water partition coefficient (Wildman–Crippen LogP) is 2.02. The fraction of sp³-hybridized carbons (Fsp3) is 0.333. The van der Waals surface area contributed by atoms with Gasteiger partial charge in [0.1, 0.15) is 0 Å². The van der Waals surface area contributed by atoms with Gasteiger partial charge in [0.05, 0.1) is 6.20 Å². The van der Waals surface area contributed by atoms with Gasteiger partial charge >= 0.3 is 0 Å². The lowest BCUT2D eigenvalue weighted by Gasteiger charge is -2.09. The summed E-state index contributed by atoms with van der Waals surface area (Å²) in [5.74, 6) is 0.895. The van der Waals surface area contributed by atoms with E-state index >= 15 is 0 Å². The van der Waals surface area contributed by atoms with Gasteiger partial charge in [0.15, 0.2) is 5.82 Å². The molecule has 0 saturated carbocycles. The SMILES string of the molecule is COCCCNc1nncc(Nc2cccc(NC(C)=O)c2)n1. The Morgan fingerprint density at radius 1 is 1.30 bits per heavy atom. The Balaban J connectivity index is 1.98. The van der Waals surface area contributed by atoms with Crippen LogP contribution in [0.15, 0.2) is 30.5 Å². The van der Waals surface area contributed by atoms with Gasteiger partial charge in [-0.2, -0.15) is 10.1 Å². The van der Waals surface area contributed by atoms with E-state index in [1.807, 2.05) is 24.3 Å². The fourth-order valence-corrected chi connectivity index (χ4v) is 1.88. The number of hydrogen-bond donors (Lipinski definition) is 3. The van der Waals surface area contributed by atoms with Crippen molar-refractivity contribution in [2.45, 2.75) is 13.3 Å². The summed E-state index contributed by atoms with van der Waals surface area (Å²) in [7, 11) is 1.66. The van der Waals surface area contributed by atoms with Crippen molar-refractivity contribution in [3.05, 3.63) is 30.5 Å². The molecule has 0 atom stereocenters. The van der Waals surface area contributed by atoms with Crippen molar-refractivity contribution < 1.29 is 9.53 Å². The maximum atomic E-state index is 11.1. The lowest BCUT2D eigenvalue weighted by Crippen LogP contribution is -2.09. The second kappa shape index (κ2) is 8.64.